The molecule has 0 aliphatic carbocycles. The van der Waals surface area contributed by atoms with E-state index in [0.29, 0.717) is 6.42 Å². The van der Waals surface area contributed by atoms with Gasteiger partial charge in [0.2, 0.25) is 0 Å². The van der Waals surface area contributed by atoms with Crippen LogP contribution < -0.4 is 4.74 Å². The average Bonchev–Trinajstić information content (AvgIpc) is 2.39. The minimum absolute atomic E-state index is 0.0907. The first-order valence-corrected chi connectivity index (χ1v) is 7.45. The number of carbonyl (C=O) groups is 1. The van der Waals surface area contributed by atoms with Crippen molar-refractivity contribution in [2.45, 2.75) is 12.5 Å². The number of carbonyl (C=O) groups excluding carboxylic acids is 1. The maximum absolute atomic E-state index is 12.2. The van der Waals surface area contributed by atoms with Crippen LogP contribution >= 0.6 is 31.9 Å². The zero-order chi connectivity index (χ0) is 13.4. The van der Waals surface area contributed by atoms with E-state index < -0.39 is 6.10 Å². The Hall–Kier alpha value is -1.13. The van der Waals surface area contributed by atoms with Crippen LogP contribution in [-0.4, -0.2) is 5.78 Å². The molecule has 0 spiro atoms. The zero-order valence-electron chi connectivity index (χ0n) is 9.90. The number of rotatable bonds is 1. The van der Waals surface area contributed by atoms with Gasteiger partial charge in [0.15, 0.2) is 11.9 Å². The lowest BCUT2D eigenvalue weighted by atomic mass is 9.96. The standard InChI is InChI=1S/C15H10Br2O2/c16-11-3-1-9(2-4-11)15-13(18)8-10-7-12(17)5-6-14(10)19-15/h1-7,15H,8H2. The van der Waals surface area contributed by atoms with Gasteiger partial charge >= 0.3 is 0 Å². The maximum atomic E-state index is 12.2. The Balaban J connectivity index is 1.95. The Morgan fingerprint density at radius 2 is 1.68 bits per heavy atom. The summed E-state index contributed by atoms with van der Waals surface area (Å²) in [5.41, 5.74) is 1.83. The molecule has 3 rings (SSSR count). The van der Waals surface area contributed by atoms with Crippen molar-refractivity contribution in [3.8, 4) is 5.75 Å². The van der Waals surface area contributed by atoms with Crippen LogP contribution in [0.5, 0.6) is 5.75 Å². The molecule has 0 amide bonds. The Bertz CT molecular complexity index is 635. The third-order valence-electron chi connectivity index (χ3n) is 3.10. The van der Waals surface area contributed by atoms with E-state index in [1.54, 1.807) is 0 Å². The number of Topliss-reactive ketones (excluding diaryl/α,β-unsaturated/α-hetero) is 1. The summed E-state index contributed by atoms with van der Waals surface area (Å²) in [6, 6.07) is 13.4. The SMILES string of the molecule is O=C1Cc2cc(Br)ccc2OC1c1ccc(Br)cc1. The Labute approximate surface area is 128 Å². The van der Waals surface area contributed by atoms with E-state index in [0.717, 1.165) is 25.8 Å². The summed E-state index contributed by atoms with van der Waals surface area (Å²) in [4.78, 5) is 12.2. The molecular formula is C15H10Br2O2. The van der Waals surface area contributed by atoms with Crippen molar-refractivity contribution in [1.82, 2.24) is 0 Å². The number of halogens is 2. The van der Waals surface area contributed by atoms with Crippen LogP contribution in [-0.2, 0) is 11.2 Å². The van der Waals surface area contributed by atoms with Gasteiger partial charge in [-0.25, -0.2) is 0 Å². The van der Waals surface area contributed by atoms with Gasteiger partial charge in [-0.3, -0.25) is 4.79 Å². The first-order chi connectivity index (χ1) is 9.13. The van der Waals surface area contributed by atoms with E-state index in [1.165, 1.54) is 0 Å². The zero-order valence-corrected chi connectivity index (χ0v) is 13.1. The minimum Gasteiger partial charge on any atom is -0.478 e. The topological polar surface area (TPSA) is 26.3 Å². The molecule has 1 aliphatic heterocycles. The van der Waals surface area contributed by atoms with E-state index in [1.807, 2.05) is 42.5 Å². The molecule has 0 fully saturated rings. The van der Waals surface area contributed by atoms with Gasteiger partial charge in [0.05, 0.1) is 0 Å². The molecule has 0 N–H and O–H groups in total. The minimum atomic E-state index is -0.498. The molecule has 0 saturated heterocycles. The van der Waals surface area contributed by atoms with Crippen LogP contribution in [0.1, 0.15) is 17.2 Å². The summed E-state index contributed by atoms with van der Waals surface area (Å²) >= 11 is 6.79. The van der Waals surface area contributed by atoms with Crippen LogP contribution in [0.15, 0.2) is 51.4 Å². The number of hydrogen-bond acceptors (Lipinski definition) is 2. The lowest BCUT2D eigenvalue weighted by Crippen LogP contribution is -2.25. The quantitative estimate of drug-likeness (QED) is 0.729. The van der Waals surface area contributed by atoms with Crippen molar-refractivity contribution < 1.29 is 9.53 Å². The summed E-state index contributed by atoms with van der Waals surface area (Å²) in [5.74, 6) is 0.878. The van der Waals surface area contributed by atoms with Crippen molar-refractivity contribution in [3.05, 3.63) is 62.5 Å². The van der Waals surface area contributed by atoms with E-state index in [9.17, 15) is 4.79 Å². The first kappa shape index (κ1) is 12.9. The molecule has 2 nitrogen and oxygen atoms in total. The lowest BCUT2D eigenvalue weighted by Gasteiger charge is -2.25. The van der Waals surface area contributed by atoms with Crippen LogP contribution in [0.2, 0.25) is 0 Å². The van der Waals surface area contributed by atoms with Gasteiger partial charge in [-0.15, -0.1) is 0 Å². The summed E-state index contributed by atoms with van der Waals surface area (Å²) in [7, 11) is 0. The number of hydrogen-bond donors (Lipinski definition) is 0. The van der Waals surface area contributed by atoms with E-state index in [2.05, 4.69) is 31.9 Å². The van der Waals surface area contributed by atoms with E-state index in [-0.39, 0.29) is 5.78 Å². The number of benzene rings is 2. The van der Waals surface area contributed by atoms with Gasteiger partial charge < -0.3 is 4.74 Å². The lowest BCUT2D eigenvalue weighted by molar-refractivity contribution is -0.126. The molecule has 1 aliphatic rings. The van der Waals surface area contributed by atoms with Crippen LogP contribution in [0.25, 0.3) is 0 Å². The molecule has 0 radical (unpaired) electrons. The second-order valence-corrected chi connectivity index (χ2v) is 6.28. The van der Waals surface area contributed by atoms with Gasteiger partial charge in [0.1, 0.15) is 5.75 Å². The molecule has 96 valence electrons. The molecule has 1 heterocycles. The Morgan fingerprint density at radius 1 is 1.00 bits per heavy atom. The van der Waals surface area contributed by atoms with Crippen molar-refractivity contribution in [3.63, 3.8) is 0 Å². The molecule has 2 aromatic carbocycles. The first-order valence-electron chi connectivity index (χ1n) is 5.87. The van der Waals surface area contributed by atoms with E-state index >= 15 is 0 Å². The highest BCUT2D eigenvalue weighted by molar-refractivity contribution is 9.10. The number of ketones is 1. The Morgan fingerprint density at radius 3 is 2.42 bits per heavy atom. The number of ether oxygens (including phenoxy) is 1. The highest BCUT2D eigenvalue weighted by Crippen LogP contribution is 2.34. The average molecular weight is 382 g/mol. The predicted octanol–water partition coefficient (Wildman–Crippen LogP) is 4.46. The van der Waals surface area contributed by atoms with Gasteiger partial charge in [-0.05, 0) is 35.9 Å². The van der Waals surface area contributed by atoms with Gasteiger partial charge in [0.25, 0.3) is 0 Å². The molecule has 19 heavy (non-hydrogen) atoms. The number of fused-ring (bicyclic) bond motifs is 1. The summed E-state index contributed by atoms with van der Waals surface area (Å²) in [5, 5.41) is 0. The van der Waals surface area contributed by atoms with Crippen molar-refractivity contribution in [1.29, 1.82) is 0 Å². The fraction of sp³-hybridized carbons (Fsp3) is 0.133. The molecule has 1 unspecified atom stereocenters. The highest BCUT2D eigenvalue weighted by Gasteiger charge is 2.29. The largest absolute Gasteiger partial charge is 0.478 e. The fourth-order valence-electron chi connectivity index (χ4n) is 2.17. The third kappa shape index (κ3) is 2.60. The van der Waals surface area contributed by atoms with Crippen LogP contribution in [0, 0.1) is 0 Å². The molecular weight excluding hydrogens is 372 g/mol. The van der Waals surface area contributed by atoms with Gasteiger partial charge in [0, 0.05) is 20.9 Å². The molecule has 0 bridgehead atoms. The van der Waals surface area contributed by atoms with Crippen molar-refractivity contribution in [2.75, 3.05) is 0 Å². The van der Waals surface area contributed by atoms with Gasteiger partial charge in [-0.2, -0.15) is 0 Å². The second-order valence-electron chi connectivity index (χ2n) is 4.44. The van der Waals surface area contributed by atoms with Crippen molar-refractivity contribution in [2.24, 2.45) is 0 Å². The molecule has 2 aromatic rings. The Kier molecular flexibility index (Phi) is 3.46. The molecule has 4 heteroatoms. The summed E-state index contributed by atoms with van der Waals surface area (Å²) in [6.45, 7) is 0. The molecule has 0 aromatic heterocycles. The van der Waals surface area contributed by atoms with Crippen molar-refractivity contribution >= 4 is 37.6 Å². The van der Waals surface area contributed by atoms with Crippen LogP contribution in [0.3, 0.4) is 0 Å². The molecule has 0 saturated carbocycles. The maximum Gasteiger partial charge on any atom is 0.182 e. The van der Waals surface area contributed by atoms with Gasteiger partial charge in [-0.1, -0.05) is 44.0 Å². The predicted molar refractivity (Wildman–Crippen MR) is 80.4 cm³/mol. The summed E-state index contributed by atoms with van der Waals surface area (Å²) < 4.78 is 7.79. The third-order valence-corrected chi connectivity index (χ3v) is 4.12. The normalized spacial score (nSPS) is 17.8. The molecule has 1 atom stereocenters. The highest BCUT2D eigenvalue weighted by atomic mass is 79.9. The fourth-order valence-corrected chi connectivity index (χ4v) is 2.84. The smallest absolute Gasteiger partial charge is 0.182 e. The van der Waals surface area contributed by atoms with E-state index in [4.69, 9.17) is 4.74 Å². The summed E-state index contributed by atoms with van der Waals surface area (Å²) in [6.07, 6.45) is -0.0861. The monoisotopic (exact) mass is 380 g/mol. The second kappa shape index (κ2) is 5.10. The van der Waals surface area contributed by atoms with Crippen LogP contribution in [0.4, 0.5) is 0 Å².